The average molecular weight is 536 g/mol. The van der Waals surface area contributed by atoms with Gasteiger partial charge in [-0.3, -0.25) is 9.59 Å². The molecule has 0 saturated carbocycles. The number of amides is 1. The molecule has 1 heterocycles. The highest BCUT2D eigenvalue weighted by Crippen LogP contribution is 2.32. The van der Waals surface area contributed by atoms with E-state index in [4.69, 9.17) is 0 Å². The third kappa shape index (κ3) is 9.01. The number of carboxylic acid groups (broad SMARTS) is 1. The minimum absolute atomic E-state index is 0.0134. The fraction of sp³-hybridized carbons (Fsp3) is 0.576. The van der Waals surface area contributed by atoms with Crippen LogP contribution in [-0.2, 0) is 16.0 Å². The van der Waals surface area contributed by atoms with Crippen LogP contribution in [0, 0.1) is 11.3 Å². The number of hydrogen-bond donors (Lipinski definition) is 2. The number of carbonyl (C=O) groups excluding carboxylic acids is 1. The average Bonchev–Trinajstić information content (AvgIpc) is 2.91. The lowest BCUT2D eigenvalue weighted by atomic mass is 9.88. The number of rotatable bonds is 14. The van der Waals surface area contributed by atoms with Crippen LogP contribution in [0.5, 0.6) is 0 Å². The van der Waals surface area contributed by atoms with E-state index in [0.29, 0.717) is 18.8 Å². The third-order valence-electron chi connectivity index (χ3n) is 7.91. The predicted molar refractivity (Wildman–Crippen MR) is 162 cm³/mol. The lowest BCUT2D eigenvalue weighted by molar-refractivity contribution is -0.147. The molecule has 0 radical (unpaired) electrons. The second-order valence-electron chi connectivity index (χ2n) is 12.1. The van der Waals surface area contributed by atoms with Crippen molar-refractivity contribution >= 4 is 23.3 Å². The summed E-state index contributed by atoms with van der Waals surface area (Å²) in [6.07, 6.45) is 6.44. The number of carbonyl (C=O) groups is 2. The van der Waals surface area contributed by atoms with Crippen LogP contribution in [0.3, 0.4) is 0 Å². The van der Waals surface area contributed by atoms with Crippen molar-refractivity contribution in [2.45, 2.75) is 85.6 Å². The Morgan fingerprint density at radius 2 is 1.69 bits per heavy atom. The molecule has 0 aromatic heterocycles. The van der Waals surface area contributed by atoms with E-state index in [-0.39, 0.29) is 11.9 Å². The van der Waals surface area contributed by atoms with Gasteiger partial charge in [-0.1, -0.05) is 44.2 Å². The molecular weight excluding hydrogens is 486 g/mol. The molecule has 214 valence electrons. The van der Waals surface area contributed by atoms with Crippen molar-refractivity contribution in [3.63, 3.8) is 0 Å². The molecule has 1 saturated heterocycles. The summed E-state index contributed by atoms with van der Waals surface area (Å²) in [6.45, 7) is 13.9. The van der Waals surface area contributed by atoms with E-state index < -0.39 is 11.4 Å². The highest BCUT2D eigenvalue weighted by molar-refractivity contribution is 5.79. The highest BCUT2D eigenvalue weighted by atomic mass is 16.4. The molecule has 1 atom stereocenters. The Morgan fingerprint density at radius 1 is 1.03 bits per heavy atom. The maximum Gasteiger partial charge on any atom is 0.309 e. The minimum atomic E-state index is -0.751. The first-order valence-corrected chi connectivity index (χ1v) is 14.8. The maximum atomic E-state index is 13.2. The third-order valence-corrected chi connectivity index (χ3v) is 7.91. The maximum absolute atomic E-state index is 13.2. The van der Waals surface area contributed by atoms with Gasteiger partial charge in [-0.25, -0.2) is 0 Å². The first kappa shape index (κ1) is 30.5. The zero-order chi connectivity index (χ0) is 28.4. The molecule has 0 spiro atoms. The Labute approximate surface area is 235 Å². The van der Waals surface area contributed by atoms with Gasteiger partial charge >= 0.3 is 5.97 Å². The lowest BCUT2D eigenvalue weighted by Gasteiger charge is -2.33. The summed E-state index contributed by atoms with van der Waals surface area (Å²) in [5.74, 6) is -0.242. The molecule has 1 aliphatic heterocycles. The first-order chi connectivity index (χ1) is 18.6. The van der Waals surface area contributed by atoms with E-state index in [9.17, 15) is 14.7 Å². The molecule has 0 bridgehead atoms. The van der Waals surface area contributed by atoms with Crippen molar-refractivity contribution in [1.82, 2.24) is 5.32 Å². The van der Waals surface area contributed by atoms with E-state index in [1.807, 2.05) is 12.1 Å². The number of nitrogens with one attached hydrogen (secondary N) is 1. The predicted octanol–water partition coefficient (Wildman–Crippen LogP) is 6.84. The first-order valence-electron chi connectivity index (χ1n) is 14.8. The topological polar surface area (TPSA) is 72.9 Å². The monoisotopic (exact) mass is 535 g/mol. The fourth-order valence-corrected chi connectivity index (χ4v) is 5.48. The SMILES string of the molecule is CCN(CCCC(C)(C)C(=O)O)c1ccc(CC(=O)NC(CC(C)C)c2ccccc2N2CCCCC2)cc1. The van der Waals surface area contributed by atoms with E-state index in [1.165, 1.54) is 30.5 Å². The molecule has 1 fully saturated rings. The Morgan fingerprint density at radius 3 is 2.31 bits per heavy atom. The van der Waals surface area contributed by atoms with Crippen molar-refractivity contribution in [2.75, 3.05) is 36.0 Å². The molecule has 1 aliphatic rings. The Hall–Kier alpha value is -3.02. The number of nitrogens with zero attached hydrogens (tertiary/aromatic N) is 2. The van der Waals surface area contributed by atoms with Gasteiger partial charge in [-0.2, -0.15) is 0 Å². The molecule has 6 nitrogen and oxygen atoms in total. The van der Waals surface area contributed by atoms with Gasteiger partial charge < -0.3 is 20.2 Å². The van der Waals surface area contributed by atoms with Gasteiger partial charge in [0, 0.05) is 37.6 Å². The van der Waals surface area contributed by atoms with Gasteiger partial charge in [0.1, 0.15) is 0 Å². The summed E-state index contributed by atoms with van der Waals surface area (Å²) in [7, 11) is 0. The van der Waals surface area contributed by atoms with Crippen LogP contribution in [-0.4, -0.2) is 43.2 Å². The van der Waals surface area contributed by atoms with Crippen molar-refractivity contribution in [3.05, 3.63) is 59.7 Å². The molecule has 1 amide bonds. The van der Waals surface area contributed by atoms with E-state index in [0.717, 1.165) is 50.3 Å². The summed E-state index contributed by atoms with van der Waals surface area (Å²) >= 11 is 0. The number of para-hydroxylation sites is 1. The van der Waals surface area contributed by atoms with Crippen molar-refractivity contribution in [2.24, 2.45) is 11.3 Å². The van der Waals surface area contributed by atoms with Gasteiger partial charge in [-0.15, -0.1) is 0 Å². The largest absolute Gasteiger partial charge is 0.481 e. The number of piperidine rings is 1. The quantitative estimate of drug-likeness (QED) is 0.277. The standard InChI is InChI=1S/C33H49N3O3/c1-6-35(22-12-19-33(4,5)32(38)39)27-17-15-26(16-18-27)24-31(37)34-29(23-25(2)3)28-13-8-9-14-30(28)36-20-10-7-11-21-36/h8-9,13-18,25,29H,6-7,10-12,19-24H2,1-5H3,(H,34,37)(H,38,39). The van der Waals surface area contributed by atoms with Crippen LogP contribution < -0.4 is 15.1 Å². The molecule has 1 unspecified atom stereocenters. The normalized spacial score (nSPS) is 14.8. The van der Waals surface area contributed by atoms with Crippen LogP contribution >= 0.6 is 0 Å². The summed E-state index contributed by atoms with van der Waals surface area (Å²) in [6, 6.07) is 16.8. The minimum Gasteiger partial charge on any atom is -0.481 e. The molecule has 6 heteroatoms. The van der Waals surface area contributed by atoms with Crippen LogP contribution in [0.15, 0.2) is 48.5 Å². The van der Waals surface area contributed by atoms with Crippen LogP contribution in [0.1, 0.15) is 90.3 Å². The number of anilines is 2. The summed E-state index contributed by atoms with van der Waals surface area (Å²) in [5.41, 5.74) is 3.87. The summed E-state index contributed by atoms with van der Waals surface area (Å²) in [4.78, 5) is 29.4. The molecule has 2 aromatic rings. The molecule has 2 N–H and O–H groups in total. The Kier molecular flexibility index (Phi) is 11.3. The van der Waals surface area contributed by atoms with Crippen molar-refractivity contribution in [1.29, 1.82) is 0 Å². The van der Waals surface area contributed by atoms with Gasteiger partial charge in [0.2, 0.25) is 5.91 Å². The zero-order valence-corrected chi connectivity index (χ0v) is 24.7. The van der Waals surface area contributed by atoms with Crippen molar-refractivity contribution < 1.29 is 14.7 Å². The van der Waals surface area contributed by atoms with E-state index in [2.05, 4.69) is 72.3 Å². The van der Waals surface area contributed by atoms with Gasteiger partial charge in [0.05, 0.1) is 17.9 Å². The van der Waals surface area contributed by atoms with Gasteiger partial charge in [-0.05, 0) is 94.5 Å². The summed E-state index contributed by atoms with van der Waals surface area (Å²) < 4.78 is 0. The Balaban J connectivity index is 1.64. The number of aliphatic carboxylic acids is 1. The second kappa shape index (κ2) is 14.4. The molecule has 2 aromatic carbocycles. The van der Waals surface area contributed by atoms with Crippen LogP contribution in [0.25, 0.3) is 0 Å². The number of benzene rings is 2. The number of hydrogen-bond acceptors (Lipinski definition) is 4. The van der Waals surface area contributed by atoms with Crippen LogP contribution in [0.4, 0.5) is 11.4 Å². The number of carboxylic acids is 1. The van der Waals surface area contributed by atoms with E-state index >= 15 is 0 Å². The van der Waals surface area contributed by atoms with Crippen molar-refractivity contribution in [3.8, 4) is 0 Å². The van der Waals surface area contributed by atoms with Crippen LogP contribution in [0.2, 0.25) is 0 Å². The van der Waals surface area contributed by atoms with Gasteiger partial charge in [0.25, 0.3) is 0 Å². The summed E-state index contributed by atoms with van der Waals surface area (Å²) in [5, 5.41) is 12.7. The van der Waals surface area contributed by atoms with E-state index in [1.54, 1.807) is 13.8 Å². The molecule has 39 heavy (non-hydrogen) atoms. The molecule has 3 rings (SSSR count). The highest BCUT2D eigenvalue weighted by Gasteiger charge is 2.26. The van der Waals surface area contributed by atoms with Gasteiger partial charge in [0.15, 0.2) is 0 Å². The zero-order valence-electron chi connectivity index (χ0n) is 24.7. The second-order valence-corrected chi connectivity index (χ2v) is 12.1. The Bertz CT molecular complexity index is 1060. The lowest BCUT2D eigenvalue weighted by Crippen LogP contribution is -2.34. The molecular formula is C33H49N3O3. The molecule has 0 aliphatic carbocycles. The fourth-order valence-electron chi connectivity index (χ4n) is 5.48. The smallest absolute Gasteiger partial charge is 0.309 e.